The number of Topliss-reactive ketones (excluding diaryl/α,β-unsaturated/α-hetero) is 1. The Labute approximate surface area is 95.3 Å². The Kier molecular flexibility index (Phi) is 6.79. The molecular formula is C10H16ClNOS. The minimum absolute atomic E-state index is 0. The Bertz CT molecular complexity index is 259. The van der Waals surface area contributed by atoms with Gasteiger partial charge in [-0.15, -0.1) is 23.7 Å². The van der Waals surface area contributed by atoms with Gasteiger partial charge in [0.2, 0.25) is 0 Å². The van der Waals surface area contributed by atoms with Crippen molar-refractivity contribution in [3.05, 3.63) is 22.4 Å². The van der Waals surface area contributed by atoms with Crippen LogP contribution in [0.15, 0.2) is 17.5 Å². The summed E-state index contributed by atoms with van der Waals surface area (Å²) < 4.78 is 0. The van der Waals surface area contributed by atoms with Crippen LogP contribution in [0.2, 0.25) is 0 Å². The van der Waals surface area contributed by atoms with E-state index in [9.17, 15) is 4.79 Å². The van der Waals surface area contributed by atoms with Gasteiger partial charge in [-0.25, -0.2) is 0 Å². The van der Waals surface area contributed by atoms with Gasteiger partial charge in [-0.3, -0.25) is 4.79 Å². The lowest BCUT2D eigenvalue weighted by Gasteiger charge is -2.07. The fraction of sp³-hybridized carbons (Fsp3) is 0.500. The van der Waals surface area contributed by atoms with Crippen molar-refractivity contribution in [1.82, 2.24) is 4.90 Å². The second kappa shape index (κ2) is 6.98. The van der Waals surface area contributed by atoms with Crippen molar-refractivity contribution in [2.24, 2.45) is 0 Å². The van der Waals surface area contributed by atoms with Gasteiger partial charge in [0, 0.05) is 24.3 Å². The zero-order valence-corrected chi connectivity index (χ0v) is 10.2. The lowest BCUT2D eigenvalue weighted by atomic mass is 10.2. The van der Waals surface area contributed by atoms with Crippen LogP contribution >= 0.6 is 23.7 Å². The van der Waals surface area contributed by atoms with Crippen LogP contribution in [-0.2, 0) is 11.2 Å². The van der Waals surface area contributed by atoms with Crippen LogP contribution in [0.5, 0.6) is 0 Å². The minimum Gasteiger partial charge on any atom is -0.309 e. The van der Waals surface area contributed by atoms with Crippen molar-refractivity contribution >= 4 is 29.5 Å². The van der Waals surface area contributed by atoms with E-state index in [0.29, 0.717) is 18.6 Å². The van der Waals surface area contributed by atoms with Gasteiger partial charge in [-0.1, -0.05) is 6.07 Å². The van der Waals surface area contributed by atoms with Gasteiger partial charge in [0.15, 0.2) is 0 Å². The number of rotatable bonds is 5. The zero-order chi connectivity index (χ0) is 9.68. The Morgan fingerprint density at radius 2 is 2.21 bits per heavy atom. The minimum atomic E-state index is 0. The van der Waals surface area contributed by atoms with Gasteiger partial charge in [0.1, 0.15) is 5.78 Å². The molecule has 1 rings (SSSR count). The molecule has 2 nitrogen and oxygen atoms in total. The topological polar surface area (TPSA) is 20.3 Å². The molecular weight excluding hydrogens is 218 g/mol. The largest absolute Gasteiger partial charge is 0.309 e. The summed E-state index contributed by atoms with van der Waals surface area (Å²) in [6, 6.07) is 4.00. The third-order valence-corrected chi connectivity index (χ3v) is 2.67. The maximum atomic E-state index is 11.4. The highest BCUT2D eigenvalue weighted by atomic mass is 35.5. The smallest absolute Gasteiger partial charge is 0.139 e. The second-order valence-corrected chi connectivity index (χ2v) is 4.38. The average Bonchev–Trinajstić information content (AvgIpc) is 2.53. The molecule has 0 bridgehead atoms. The lowest BCUT2D eigenvalue weighted by Crippen LogP contribution is -2.17. The van der Waals surface area contributed by atoms with Crippen LogP contribution in [0, 0.1) is 0 Å². The molecule has 80 valence electrons. The van der Waals surface area contributed by atoms with Crippen molar-refractivity contribution in [2.45, 2.75) is 12.8 Å². The van der Waals surface area contributed by atoms with E-state index in [1.165, 1.54) is 4.88 Å². The highest BCUT2D eigenvalue weighted by molar-refractivity contribution is 7.10. The van der Waals surface area contributed by atoms with E-state index in [2.05, 4.69) is 0 Å². The predicted molar refractivity (Wildman–Crippen MR) is 63.4 cm³/mol. The molecule has 1 heterocycles. The Hall–Kier alpha value is -0.380. The molecule has 0 aliphatic heterocycles. The number of ketones is 1. The Balaban J connectivity index is 0.00000169. The van der Waals surface area contributed by atoms with E-state index >= 15 is 0 Å². The fourth-order valence-electron chi connectivity index (χ4n) is 1.04. The van der Waals surface area contributed by atoms with Crippen molar-refractivity contribution in [1.29, 1.82) is 0 Å². The molecule has 1 aromatic heterocycles. The van der Waals surface area contributed by atoms with Gasteiger partial charge in [0.25, 0.3) is 0 Å². The molecule has 0 spiro atoms. The zero-order valence-electron chi connectivity index (χ0n) is 8.53. The van der Waals surface area contributed by atoms with Gasteiger partial charge in [-0.05, 0) is 25.5 Å². The molecule has 4 heteroatoms. The Morgan fingerprint density at radius 3 is 2.71 bits per heavy atom. The molecule has 14 heavy (non-hydrogen) atoms. The van der Waals surface area contributed by atoms with E-state index in [4.69, 9.17) is 0 Å². The monoisotopic (exact) mass is 233 g/mol. The normalized spacial score (nSPS) is 9.93. The maximum Gasteiger partial charge on any atom is 0.139 e. The molecule has 1 aromatic rings. The van der Waals surface area contributed by atoms with Crippen molar-refractivity contribution in [2.75, 3.05) is 20.6 Å². The first-order valence-corrected chi connectivity index (χ1v) is 5.25. The van der Waals surface area contributed by atoms with E-state index in [-0.39, 0.29) is 12.4 Å². The van der Waals surface area contributed by atoms with Crippen molar-refractivity contribution in [3.63, 3.8) is 0 Å². The number of halogens is 1. The van der Waals surface area contributed by atoms with Crippen LogP contribution in [0.3, 0.4) is 0 Å². The van der Waals surface area contributed by atoms with Gasteiger partial charge >= 0.3 is 0 Å². The van der Waals surface area contributed by atoms with Crippen molar-refractivity contribution in [3.8, 4) is 0 Å². The molecule has 0 aromatic carbocycles. The fourth-order valence-corrected chi connectivity index (χ4v) is 1.78. The van der Waals surface area contributed by atoms with E-state index in [1.54, 1.807) is 11.3 Å². The third kappa shape index (κ3) is 5.37. The first kappa shape index (κ1) is 13.6. The molecule has 0 aliphatic carbocycles. The molecule has 0 atom stereocenters. The summed E-state index contributed by atoms with van der Waals surface area (Å²) in [6.07, 6.45) is 1.26. The van der Waals surface area contributed by atoms with Crippen LogP contribution in [-0.4, -0.2) is 31.3 Å². The van der Waals surface area contributed by atoms with Crippen LogP contribution in [0.1, 0.15) is 11.3 Å². The molecule has 0 radical (unpaired) electrons. The summed E-state index contributed by atoms with van der Waals surface area (Å²) in [5.74, 6) is 0.330. The van der Waals surface area contributed by atoms with Gasteiger partial charge in [-0.2, -0.15) is 0 Å². The quantitative estimate of drug-likeness (QED) is 0.778. The molecule has 0 fully saturated rings. The number of thiophene rings is 1. The van der Waals surface area contributed by atoms with E-state index in [1.807, 2.05) is 36.5 Å². The second-order valence-electron chi connectivity index (χ2n) is 3.35. The molecule has 0 N–H and O–H groups in total. The number of carbonyl (C=O) groups is 1. The first-order chi connectivity index (χ1) is 6.18. The SMILES string of the molecule is CN(C)CCC(=O)Cc1cccs1.Cl. The molecule has 0 saturated heterocycles. The lowest BCUT2D eigenvalue weighted by molar-refractivity contribution is -0.118. The number of hydrogen-bond acceptors (Lipinski definition) is 3. The Morgan fingerprint density at radius 1 is 1.50 bits per heavy atom. The number of nitrogens with zero attached hydrogens (tertiary/aromatic N) is 1. The summed E-state index contributed by atoms with van der Waals surface area (Å²) in [5.41, 5.74) is 0. The number of carbonyl (C=O) groups excluding carboxylic acids is 1. The third-order valence-electron chi connectivity index (χ3n) is 1.79. The van der Waals surface area contributed by atoms with E-state index < -0.39 is 0 Å². The van der Waals surface area contributed by atoms with E-state index in [0.717, 1.165) is 6.54 Å². The predicted octanol–water partition coefficient (Wildman–Crippen LogP) is 2.23. The van der Waals surface area contributed by atoms with Crippen molar-refractivity contribution < 1.29 is 4.79 Å². The van der Waals surface area contributed by atoms with Gasteiger partial charge in [0.05, 0.1) is 0 Å². The average molecular weight is 234 g/mol. The van der Waals surface area contributed by atoms with Crippen LogP contribution in [0.4, 0.5) is 0 Å². The standard InChI is InChI=1S/C10H15NOS.ClH/c1-11(2)6-5-9(12)8-10-4-3-7-13-10;/h3-4,7H,5-6,8H2,1-2H3;1H. The number of hydrogen-bond donors (Lipinski definition) is 0. The van der Waals surface area contributed by atoms with Crippen LogP contribution < -0.4 is 0 Å². The van der Waals surface area contributed by atoms with Crippen LogP contribution in [0.25, 0.3) is 0 Å². The summed E-state index contributed by atoms with van der Waals surface area (Å²) in [7, 11) is 3.97. The highest BCUT2D eigenvalue weighted by Crippen LogP contribution is 2.10. The highest BCUT2D eigenvalue weighted by Gasteiger charge is 2.04. The summed E-state index contributed by atoms with van der Waals surface area (Å²) in [5, 5.41) is 2.01. The molecule has 0 aliphatic rings. The molecule has 0 amide bonds. The summed E-state index contributed by atoms with van der Waals surface area (Å²) in [4.78, 5) is 14.6. The first-order valence-electron chi connectivity index (χ1n) is 4.37. The van der Waals surface area contributed by atoms with Gasteiger partial charge < -0.3 is 4.90 Å². The molecule has 0 saturated carbocycles. The summed E-state index contributed by atoms with van der Waals surface area (Å²) >= 11 is 1.65. The summed E-state index contributed by atoms with van der Waals surface area (Å²) in [6.45, 7) is 0.851. The molecule has 0 unspecified atom stereocenters. The maximum absolute atomic E-state index is 11.4.